The monoisotopic (exact) mass is 416 g/mol. The van der Waals surface area contributed by atoms with Crippen molar-refractivity contribution in [3.05, 3.63) is 0 Å². The van der Waals surface area contributed by atoms with Crippen LogP contribution in [-0.4, -0.2) is 50.3 Å². The molecule has 2 amide bonds. The Hall–Kier alpha value is -1.14. The van der Waals surface area contributed by atoms with Gasteiger partial charge in [0.1, 0.15) is 0 Å². The Kier molecular flexibility index (Phi) is 27.8. The Labute approximate surface area is 179 Å². The standard InChI is InChI=1S/C12H25NO2.C11H23NO2/c1-3-4-5-6-7-10-13-12(14)9-8-11-15-2;1-2-3-4-5-6-9-12-11(14)8-7-10-13/h3-11H2,1-2H3,(H,13,14);13H,2-10H2,1H3,(H,12,14). The van der Waals surface area contributed by atoms with Gasteiger partial charge in [0.15, 0.2) is 0 Å². The van der Waals surface area contributed by atoms with Crippen LogP contribution < -0.4 is 10.6 Å². The molecule has 0 aromatic heterocycles. The van der Waals surface area contributed by atoms with Crippen molar-refractivity contribution in [2.24, 2.45) is 0 Å². The van der Waals surface area contributed by atoms with E-state index in [9.17, 15) is 9.59 Å². The molecule has 29 heavy (non-hydrogen) atoms. The molecule has 0 bridgehead atoms. The number of nitrogens with one attached hydrogen (secondary N) is 2. The lowest BCUT2D eigenvalue weighted by Crippen LogP contribution is -2.24. The first-order valence-electron chi connectivity index (χ1n) is 11.7. The molecule has 0 saturated carbocycles. The highest BCUT2D eigenvalue weighted by Gasteiger charge is 2.00. The van der Waals surface area contributed by atoms with Gasteiger partial charge in [0.05, 0.1) is 0 Å². The molecule has 0 aliphatic rings. The van der Waals surface area contributed by atoms with Gasteiger partial charge in [-0.1, -0.05) is 65.2 Å². The zero-order valence-corrected chi connectivity index (χ0v) is 19.4. The van der Waals surface area contributed by atoms with E-state index in [0.29, 0.717) is 25.9 Å². The minimum absolute atomic E-state index is 0.0644. The fraction of sp³-hybridized carbons (Fsp3) is 0.913. The number of rotatable bonds is 19. The predicted molar refractivity (Wildman–Crippen MR) is 121 cm³/mol. The summed E-state index contributed by atoms with van der Waals surface area (Å²) >= 11 is 0. The van der Waals surface area contributed by atoms with Crippen molar-refractivity contribution in [2.45, 2.75) is 104 Å². The van der Waals surface area contributed by atoms with Crippen LogP contribution in [0.4, 0.5) is 0 Å². The number of ether oxygens (including phenoxy) is 1. The minimum Gasteiger partial charge on any atom is -0.396 e. The van der Waals surface area contributed by atoms with E-state index in [2.05, 4.69) is 24.5 Å². The molecule has 0 fully saturated rings. The molecule has 0 spiro atoms. The molecule has 0 heterocycles. The van der Waals surface area contributed by atoms with E-state index < -0.39 is 0 Å². The summed E-state index contributed by atoms with van der Waals surface area (Å²) in [4.78, 5) is 22.3. The van der Waals surface area contributed by atoms with Crippen molar-refractivity contribution < 1.29 is 19.4 Å². The van der Waals surface area contributed by atoms with E-state index in [1.54, 1.807) is 7.11 Å². The average molecular weight is 417 g/mol. The maximum absolute atomic E-state index is 11.2. The van der Waals surface area contributed by atoms with E-state index in [-0.39, 0.29) is 18.4 Å². The molecule has 0 unspecified atom stereocenters. The Bertz CT molecular complexity index is 352. The predicted octanol–water partition coefficient (Wildman–Crippen LogP) is 4.35. The van der Waals surface area contributed by atoms with Crippen LogP contribution in [0.1, 0.15) is 104 Å². The maximum Gasteiger partial charge on any atom is 0.220 e. The first-order chi connectivity index (χ1) is 14.1. The number of carbonyl (C=O) groups excluding carboxylic acids is 2. The van der Waals surface area contributed by atoms with Crippen molar-refractivity contribution in [3.8, 4) is 0 Å². The van der Waals surface area contributed by atoms with E-state index in [1.807, 2.05) is 0 Å². The van der Waals surface area contributed by atoms with Gasteiger partial charge >= 0.3 is 0 Å². The fourth-order valence-corrected chi connectivity index (χ4v) is 2.71. The highest BCUT2D eigenvalue weighted by atomic mass is 16.5. The number of unbranched alkanes of at least 4 members (excludes halogenated alkanes) is 8. The van der Waals surface area contributed by atoms with Crippen molar-refractivity contribution in [1.82, 2.24) is 10.6 Å². The number of carbonyl (C=O) groups is 2. The summed E-state index contributed by atoms with van der Waals surface area (Å²) in [5.41, 5.74) is 0. The number of aliphatic hydroxyl groups is 1. The van der Waals surface area contributed by atoms with Gasteiger partial charge < -0.3 is 20.5 Å². The maximum atomic E-state index is 11.2. The van der Waals surface area contributed by atoms with Crippen molar-refractivity contribution in [2.75, 3.05) is 33.4 Å². The molecular formula is C23H48N2O4. The number of methoxy groups -OCH3 is 1. The summed E-state index contributed by atoms with van der Waals surface area (Å²) in [5, 5.41) is 14.3. The van der Waals surface area contributed by atoms with Gasteiger partial charge in [-0.2, -0.15) is 0 Å². The average Bonchev–Trinajstić information content (AvgIpc) is 2.72. The molecule has 6 heteroatoms. The minimum atomic E-state index is 0.0644. The summed E-state index contributed by atoms with van der Waals surface area (Å²) in [6.07, 6.45) is 14.7. The van der Waals surface area contributed by atoms with Gasteiger partial charge in [0.2, 0.25) is 11.8 Å². The first kappa shape index (κ1) is 30.1. The van der Waals surface area contributed by atoms with Crippen LogP contribution in [0, 0.1) is 0 Å². The topological polar surface area (TPSA) is 87.7 Å². The number of aliphatic hydroxyl groups excluding tert-OH is 1. The van der Waals surface area contributed by atoms with Gasteiger partial charge in [-0.15, -0.1) is 0 Å². The third kappa shape index (κ3) is 29.2. The summed E-state index contributed by atoms with van der Waals surface area (Å²) in [5.74, 6) is 0.220. The highest BCUT2D eigenvalue weighted by Crippen LogP contribution is 2.02. The summed E-state index contributed by atoms with van der Waals surface area (Å²) in [6, 6.07) is 0. The Morgan fingerprint density at radius 1 is 0.690 bits per heavy atom. The fourth-order valence-electron chi connectivity index (χ4n) is 2.71. The molecule has 3 N–H and O–H groups in total. The van der Waals surface area contributed by atoms with E-state index in [4.69, 9.17) is 9.84 Å². The van der Waals surface area contributed by atoms with Crippen LogP contribution in [0.5, 0.6) is 0 Å². The Balaban J connectivity index is 0. The SMILES string of the molecule is CCCCCCCNC(=O)CCCO.CCCCCCCNC(=O)CCCOC. The lowest BCUT2D eigenvalue weighted by Gasteiger charge is -2.04. The van der Waals surface area contributed by atoms with Crippen LogP contribution in [0.15, 0.2) is 0 Å². The number of amides is 2. The molecule has 0 aromatic carbocycles. The molecule has 0 radical (unpaired) electrons. The van der Waals surface area contributed by atoms with Crippen molar-refractivity contribution in [1.29, 1.82) is 0 Å². The van der Waals surface area contributed by atoms with Crippen LogP contribution in [-0.2, 0) is 14.3 Å². The smallest absolute Gasteiger partial charge is 0.220 e. The second-order valence-corrected chi connectivity index (χ2v) is 7.45. The first-order valence-corrected chi connectivity index (χ1v) is 11.7. The van der Waals surface area contributed by atoms with Gasteiger partial charge in [-0.05, 0) is 25.7 Å². The second-order valence-electron chi connectivity index (χ2n) is 7.45. The third-order valence-corrected chi connectivity index (χ3v) is 4.52. The number of hydrogen-bond acceptors (Lipinski definition) is 4. The van der Waals surface area contributed by atoms with E-state index in [1.165, 1.54) is 51.4 Å². The zero-order valence-electron chi connectivity index (χ0n) is 19.4. The van der Waals surface area contributed by atoms with Crippen LogP contribution >= 0.6 is 0 Å². The largest absolute Gasteiger partial charge is 0.396 e. The molecule has 0 aliphatic carbocycles. The molecular weight excluding hydrogens is 368 g/mol. The Morgan fingerprint density at radius 3 is 1.55 bits per heavy atom. The molecule has 6 nitrogen and oxygen atoms in total. The zero-order chi connectivity index (χ0) is 22.0. The number of hydrogen-bond donors (Lipinski definition) is 3. The van der Waals surface area contributed by atoms with Crippen LogP contribution in [0.25, 0.3) is 0 Å². The van der Waals surface area contributed by atoms with Gasteiger partial charge in [-0.25, -0.2) is 0 Å². The molecule has 0 saturated heterocycles. The van der Waals surface area contributed by atoms with E-state index >= 15 is 0 Å². The summed E-state index contributed by atoms with van der Waals surface area (Å²) in [6.45, 7) is 6.78. The quantitative estimate of drug-likeness (QED) is 0.273. The normalized spacial score (nSPS) is 10.2. The molecule has 0 aliphatic heterocycles. The van der Waals surface area contributed by atoms with Crippen molar-refractivity contribution >= 4 is 11.8 Å². The third-order valence-electron chi connectivity index (χ3n) is 4.52. The summed E-state index contributed by atoms with van der Waals surface area (Å²) < 4.78 is 4.88. The van der Waals surface area contributed by atoms with Crippen LogP contribution in [0.2, 0.25) is 0 Å². The van der Waals surface area contributed by atoms with Crippen LogP contribution in [0.3, 0.4) is 0 Å². The second kappa shape index (κ2) is 26.9. The van der Waals surface area contributed by atoms with Crippen molar-refractivity contribution in [3.63, 3.8) is 0 Å². The summed E-state index contributed by atoms with van der Waals surface area (Å²) in [7, 11) is 1.66. The molecule has 0 rings (SSSR count). The molecule has 0 aromatic rings. The highest BCUT2D eigenvalue weighted by molar-refractivity contribution is 5.76. The lowest BCUT2D eigenvalue weighted by atomic mass is 10.1. The lowest BCUT2D eigenvalue weighted by molar-refractivity contribution is -0.122. The van der Waals surface area contributed by atoms with E-state index in [0.717, 1.165) is 32.4 Å². The van der Waals surface area contributed by atoms with Gasteiger partial charge in [0.25, 0.3) is 0 Å². The Morgan fingerprint density at radius 2 is 1.14 bits per heavy atom. The molecule has 174 valence electrons. The van der Waals surface area contributed by atoms with Gasteiger partial charge in [0, 0.05) is 46.3 Å². The van der Waals surface area contributed by atoms with Gasteiger partial charge in [-0.3, -0.25) is 9.59 Å². The molecule has 0 atom stereocenters.